The number of benzene rings is 3. The fourth-order valence-electron chi connectivity index (χ4n) is 5.22. The summed E-state index contributed by atoms with van der Waals surface area (Å²) >= 11 is 0. The minimum Gasteiger partial charge on any atom is -0.481 e. The van der Waals surface area contributed by atoms with Gasteiger partial charge in [0.1, 0.15) is 11.7 Å². The number of carbonyl (C=O) groups is 1. The van der Waals surface area contributed by atoms with Gasteiger partial charge in [-0.15, -0.1) is 0 Å². The molecule has 0 aliphatic carbocycles. The molecule has 0 spiro atoms. The van der Waals surface area contributed by atoms with E-state index in [4.69, 9.17) is 9.90 Å². The van der Waals surface area contributed by atoms with Crippen molar-refractivity contribution >= 4 is 39.4 Å². The van der Waals surface area contributed by atoms with Crippen molar-refractivity contribution in [3.05, 3.63) is 84.1 Å². The van der Waals surface area contributed by atoms with E-state index in [0.29, 0.717) is 0 Å². The summed E-state index contributed by atoms with van der Waals surface area (Å²) < 4.78 is 0. The molecule has 8 nitrogen and oxygen atoms in total. The van der Waals surface area contributed by atoms with Gasteiger partial charge >= 0.3 is 0 Å². The van der Waals surface area contributed by atoms with Crippen molar-refractivity contribution in [1.82, 2.24) is 20.6 Å². The molecule has 0 saturated heterocycles. The molecule has 0 fully saturated rings. The molecule has 2 aliphatic heterocycles. The van der Waals surface area contributed by atoms with Crippen LogP contribution in [-0.4, -0.2) is 58.9 Å². The second-order valence-corrected chi connectivity index (χ2v) is 10.1. The number of rotatable bonds is 4. The molecule has 0 radical (unpaired) electrons. The topological polar surface area (TPSA) is 118 Å². The Morgan fingerprint density at radius 2 is 1.32 bits per heavy atom. The van der Waals surface area contributed by atoms with E-state index >= 15 is 0 Å². The molecule has 40 heavy (non-hydrogen) atoms. The number of H-pyrrole nitrogens is 2. The highest BCUT2D eigenvalue weighted by molar-refractivity contribution is 6.05. The molecule has 0 bridgehead atoms. The van der Waals surface area contributed by atoms with Crippen molar-refractivity contribution in [1.29, 1.82) is 0 Å². The van der Waals surface area contributed by atoms with Crippen molar-refractivity contribution < 1.29 is 9.90 Å². The summed E-state index contributed by atoms with van der Waals surface area (Å²) in [5.41, 5.74) is 9.24. The second kappa shape index (κ2) is 11.1. The summed E-state index contributed by atoms with van der Waals surface area (Å²) in [5, 5.41) is 16.7. The molecule has 0 unspecified atom stereocenters. The monoisotopic (exact) mass is 532 g/mol. The van der Waals surface area contributed by atoms with Crippen LogP contribution >= 0.6 is 0 Å². The minimum absolute atomic E-state index is 0.833. The number of carboxylic acid groups (broad SMARTS) is 1. The Morgan fingerprint density at radius 1 is 0.750 bits per heavy atom. The molecule has 202 valence electrons. The van der Waals surface area contributed by atoms with Crippen LogP contribution in [0.1, 0.15) is 30.9 Å². The van der Waals surface area contributed by atoms with Crippen LogP contribution in [-0.2, 0) is 4.79 Å². The van der Waals surface area contributed by atoms with Gasteiger partial charge in [0, 0.05) is 83.5 Å². The molecule has 0 saturated carbocycles. The lowest BCUT2D eigenvalue weighted by Gasteiger charge is -2.14. The van der Waals surface area contributed by atoms with Crippen LogP contribution in [0.15, 0.2) is 82.9 Å². The first-order valence-electron chi connectivity index (χ1n) is 13.7. The lowest BCUT2D eigenvalue weighted by atomic mass is 10.0. The van der Waals surface area contributed by atoms with Gasteiger partial charge in [-0.05, 0) is 42.2 Å². The highest BCUT2D eigenvalue weighted by Crippen LogP contribution is 2.32. The average molecular weight is 533 g/mol. The Balaban J connectivity index is 0.000000680. The maximum absolute atomic E-state index is 9.00. The van der Waals surface area contributed by atoms with Gasteiger partial charge in [-0.2, -0.15) is 0 Å². The van der Waals surface area contributed by atoms with Crippen LogP contribution in [0, 0.1) is 0 Å². The number of amidine groups is 2. The summed E-state index contributed by atoms with van der Waals surface area (Å²) in [4.78, 5) is 25.3. The van der Waals surface area contributed by atoms with Gasteiger partial charge < -0.3 is 25.7 Å². The predicted molar refractivity (Wildman–Crippen MR) is 162 cm³/mol. The Kier molecular flexibility index (Phi) is 7.06. The number of hydrogen-bond donors (Lipinski definition) is 5. The first kappa shape index (κ1) is 25.4. The molecule has 3 aromatic carbocycles. The first-order chi connectivity index (χ1) is 19.5. The Hall–Kier alpha value is -4.85. The van der Waals surface area contributed by atoms with E-state index in [2.05, 4.69) is 104 Å². The summed E-state index contributed by atoms with van der Waals surface area (Å²) in [7, 11) is 0. The maximum atomic E-state index is 9.00. The molecule has 5 N–H and O–H groups in total. The highest BCUT2D eigenvalue weighted by Gasteiger charge is 2.13. The Labute approximate surface area is 232 Å². The van der Waals surface area contributed by atoms with Crippen LogP contribution in [0.3, 0.4) is 0 Å². The van der Waals surface area contributed by atoms with Gasteiger partial charge in [0.05, 0.1) is 0 Å². The molecular formula is C32H32N6O2. The van der Waals surface area contributed by atoms with Crippen molar-refractivity contribution in [2.45, 2.75) is 19.8 Å². The quantitative estimate of drug-likeness (QED) is 0.208. The van der Waals surface area contributed by atoms with Crippen molar-refractivity contribution in [2.24, 2.45) is 9.98 Å². The van der Waals surface area contributed by atoms with E-state index in [1.54, 1.807) is 0 Å². The normalized spacial score (nSPS) is 14.9. The zero-order valence-electron chi connectivity index (χ0n) is 22.4. The lowest BCUT2D eigenvalue weighted by Crippen LogP contribution is -2.30. The van der Waals surface area contributed by atoms with E-state index in [1.165, 1.54) is 27.5 Å². The number of aliphatic carboxylic acids is 1. The van der Waals surface area contributed by atoms with Crippen molar-refractivity contribution in [2.75, 3.05) is 26.2 Å². The highest BCUT2D eigenvalue weighted by atomic mass is 16.4. The third-order valence-corrected chi connectivity index (χ3v) is 7.15. The van der Waals surface area contributed by atoms with Crippen LogP contribution in [0.25, 0.3) is 44.2 Å². The maximum Gasteiger partial charge on any atom is 0.300 e. The second-order valence-electron chi connectivity index (χ2n) is 10.1. The van der Waals surface area contributed by atoms with Crippen molar-refractivity contribution in [3.63, 3.8) is 0 Å². The average Bonchev–Trinajstić information content (AvgIpc) is 3.62. The van der Waals surface area contributed by atoms with E-state index in [9.17, 15) is 0 Å². The summed E-state index contributed by atoms with van der Waals surface area (Å²) in [6.45, 7) is 4.85. The number of fused-ring (bicyclic) bond motifs is 2. The Morgan fingerprint density at radius 3 is 1.95 bits per heavy atom. The number of aliphatic imine (C=N–C) groups is 2. The Bertz CT molecular complexity index is 1740. The first-order valence-corrected chi connectivity index (χ1v) is 13.7. The molecule has 2 aromatic heterocycles. The van der Waals surface area contributed by atoms with Crippen LogP contribution in [0.4, 0.5) is 0 Å². The number of aromatic amines is 2. The zero-order chi connectivity index (χ0) is 27.5. The number of nitrogens with zero attached hydrogens (tertiary/aromatic N) is 2. The van der Waals surface area contributed by atoms with Gasteiger partial charge in [-0.3, -0.25) is 14.8 Å². The third-order valence-electron chi connectivity index (χ3n) is 7.15. The van der Waals surface area contributed by atoms with E-state index in [1.807, 2.05) is 0 Å². The molecule has 7 rings (SSSR count). The molecule has 0 atom stereocenters. The van der Waals surface area contributed by atoms with Gasteiger partial charge in [-0.1, -0.05) is 48.5 Å². The van der Waals surface area contributed by atoms with Gasteiger partial charge in [-0.25, -0.2) is 0 Å². The summed E-state index contributed by atoms with van der Waals surface area (Å²) in [6.07, 6.45) is 4.30. The lowest BCUT2D eigenvalue weighted by molar-refractivity contribution is -0.134. The standard InChI is InChI=1S/C30H28N6.C2H4O2/c1-11-31-29(32-12-1)22-8-7-21-15-26(36-27(21)16-22)20-5-3-19(4-6-20)25-18-35-28-17-23(9-10-24(25)28)30-33-13-2-14-34-30;1-2(3)4/h3-10,15-18,35-36H,1-2,11-14H2,(H,31,32)(H,33,34);1H3,(H,3,4). The minimum atomic E-state index is -0.833. The zero-order valence-corrected chi connectivity index (χ0v) is 22.4. The number of aromatic nitrogens is 2. The third kappa shape index (κ3) is 5.33. The summed E-state index contributed by atoms with van der Waals surface area (Å²) in [6, 6.07) is 24.1. The number of carboxylic acids is 1. The van der Waals surface area contributed by atoms with Crippen LogP contribution in [0.5, 0.6) is 0 Å². The largest absolute Gasteiger partial charge is 0.481 e. The molecule has 4 heterocycles. The van der Waals surface area contributed by atoms with Crippen molar-refractivity contribution in [3.8, 4) is 22.4 Å². The fourth-order valence-corrected chi connectivity index (χ4v) is 5.22. The fraction of sp³-hybridized carbons (Fsp3) is 0.219. The van der Waals surface area contributed by atoms with E-state index in [-0.39, 0.29) is 0 Å². The summed E-state index contributed by atoms with van der Waals surface area (Å²) in [5.74, 6) is 1.16. The van der Waals surface area contributed by atoms with Crippen LogP contribution < -0.4 is 10.6 Å². The van der Waals surface area contributed by atoms with Gasteiger partial charge in [0.2, 0.25) is 0 Å². The predicted octanol–water partition coefficient (Wildman–Crippen LogP) is 5.55. The SMILES string of the molecule is CC(=O)O.c1cc2cc(-c3ccc(-c4c[nH]c5cc(C6=NCCCN6)ccc45)cc3)[nH]c2cc1C1=NCCCN1. The van der Waals surface area contributed by atoms with Gasteiger partial charge in [0.25, 0.3) is 5.97 Å². The number of hydrogen-bond acceptors (Lipinski definition) is 5. The van der Waals surface area contributed by atoms with Gasteiger partial charge in [0.15, 0.2) is 0 Å². The molecule has 8 heteroatoms. The molecule has 2 aliphatic rings. The van der Waals surface area contributed by atoms with Crippen LogP contribution in [0.2, 0.25) is 0 Å². The molecule has 5 aromatic rings. The number of nitrogens with one attached hydrogen (secondary N) is 4. The van der Waals surface area contributed by atoms with E-state index in [0.717, 1.165) is 85.5 Å². The van der Waals surface area contributed by atoms with E-state index < -0.39 is 5.97 Å². The molecular weight excluding hydrogens is 500 g/mol. The molecule has 0 amide bonds. The smallest absolute Gasteiger partial charge is 0.300 e.